The first-order chi connectivity index (χ1) is 5.91. The average molecular weight is 188 g/mol. The third-order valence-corrected chi connectivity index (χ3v) is 1.36. The number of carboxylic acid groups (broad SMARTS) is 1. The Morgan fingerprint density at radius 2 is 1.69 bits per heavy atom. The first-order valence-electron chi connectivity index (χ1n) is 3.31. The first kappa shape index (κ1) is 11.3. The Morgan fingerprint density at radius 3 is 2.00 bits per heavy atom. The van der Waals surface area contributed by atoms with Crippen LogP contribution in [-0.4, -0.2) is 35.7 Å². The maximum Gasteiger partial charge on any atom is 0.382 e. The maximum absolute atomic E-state index is 10.9. The number of carboxylic acids is 1. The Balaban J connectivity index is 4.53. The number of hydrogen-bond acceptors (Lipinski definition) is 5. The molecule has 0 rings (SSSR count). The van der Waals surface area contributed by atoms with Crippen LogP contribution in [-0.2, 0) is 23.9 Å². The van der Waals surface area contributed by atoms with Gasteiger partial charge in [0.2, 0.25) is 5.78 Å². The molecule has 0 aliphatic heterocycles. The number of methoxy groups -OCH3 is 1. The van der Waals surface area contributed by atoms with Crippen LogP contribution in [0, 0.1) is 5.92 Å². The highest BCUT2D eigenvalue weighted by molar-refractivity contribution is 6.63. The smallest absolute Gasteiger partial charge is 0.382 e. The molecule has 0 aliphatic rings. The topological polar surface area (TPSA) is 97.7 Å². The van der Waals surface area contributed by atoms with Gasteiger partial charge in [-0.3, -0.25) is 14.4 Å². The van der Waals surface area contributed by atoms with Crippen LogP contribution in [0.5, 0.6) is 0 Å². The molecule has 0 spiro atoms. The van der Waals surface area contributed by atoms with Crippen LogP contribution in [0.25, 0.3) is 0 Å². The van der Waals surface area contributed by atoms with E-state index in [0.29, 0.717) is 0 Å². The SMILES string of the molecule is COC(=O)C(=O)C(=O)C(C)C(=O)O. The van der Waals surface area contributed by atoms with Crippen LogP contribution in [0.3, 0.4) is 0 Å². The number of ether oxygens (including phenoxy) is 1. The third-order valence-electron chi connectivity index (χ3n) is 1.36. The van der Waals surface area contributed by atoms with Gasteiger partial charge in [0.1, 0.15) is 5.92 Å². The summed E-state index contributed by atoms with van der Waals surface area (Å²) < 4.78 is 3.96. The number of ketones is 2. The molecule has 0 aliphatic carbocycles. The predicted molar refractivity (Wildman–Crippen MR) is 38.8 cm³/mol. The minimum atomic E-state index is -1.52. The highest BCUT2D eigenvalue weighted by atomic mass is 16.5. The second-order valence-electron chi connectivity index (χ2n) is 2.24. The van der Waals surface area contributed by atoms with Crippen molar-refractivity contribution in [1.82, 2.24) is 0 Å². The fourth-order valence-corrected chi connectivity index (χ4v) is 0.502. The fourth-order valence-electron chi connectivity index (χ4n) is 0.502. The van der Waals surface area contributed by atoms with Crippen molar-refractivity contribution in [2.45, 2.75) is 6.92 Å². The summed E-state index contributed by atoms with van der Waals surface area (Å²) in [6.07, 6.45) is 0. The van der Waals surface area contributed by atoms with Gasteiger partial charge in [-0.15, -0.1) is 0 Å². The van der Waals surface area contributed by atoms with E-state index in [4.69, 9.17) is 5.11 Å². The normalized spacial score (nSPS) is 11.5. The molecule has 0 aromatic rings. The molecule has 0 aromatic heterocycles. The molecule has 0 saturated carbocycles. The first-order valence-corrected chi connectivity index (χ1v) is 3.31. The lowest BCUT2D eigenvalue weighted by molar-refractivity contribution is -0.157. The summed E-state index contributed by atoms with van der Waals surface area (Å²) in [5.74, 6) is -7.05. The molecule has 1 unspecified atom stereocenters. The Labute approximate surface area is 73.5 Å². The van der Waals surface area contributed by atoms with Gasteiger partial charge in [-0.1, -0.05) is 0 Å². The van der Waals surface area contributed by atoms with E-state index in [2.05, 4.69) is 4.74 Å². The van der Waals surface area contributed by atoms with Crippen molar-refractivity contribution in [2.24, 2.45) is 5.92 Å². The van der Waals surface area contributed by atoms with Gasteiger partial charge in [-0.05, 0) is 6.92 Å². The molecule has 0 amide bonds. The molecule has 6 heteroatoms. The van der Waals surface area contributed by atoms with Gasteiger partial charge in [0.05, 0.1) is 7.11 Å². The van der Waals surface area contributed by atoms with Crippen LogP contribution in [0.4, 0.5) is 0 Å². The maximum atomic E-state index is 10.9. The second kappa shape index (κ2) is 4.34. The molecule has 6 nitrogen and oxygen atoms in total. The van der Waals surface area contributed by atoms with Gasteiger partial charge < -0.3 is 9.84 Å². The highest BCUT2D eigenvalue weighted by Crippen LogP contribution is 1.98. The lowest BCUT2D eigenvalue weighted by Crippen LogP contribution is -2.33. The van der Waals surface area contributed by atoms with Gasteiger partial charge in [-0.2, -0.15) is 0 Å². The molecule has 0 heterocycles. The van der Waals surface area contributed by atoms with Crippen LogP contribution >= 0.6 is 0 Å². The molecule has 72 valence electrons. The van der Waals surface area contributed by atoms with Gasteiger partial charge in [-0.25, -0.2) is 4.79 Å². The molecular formula is C7H8O6. The van der Waals surface area contributed by atoms with E-state index in [1.165, 1.54) is 0 Å². The Hall–Kier alpha value is -1.72. The van der Waals surface area contributed by atoms with Crippen molar-refractivity contribution in [3.8, 4) is 0 Å². The zero-order valence-corrected chi connectivity index (χ0v) is 7.07. The van der Waals surface area contributed by atoms with Gasteiger partial charge in [0.15, 0.2) is 0 Å². The summed E-state index contributed by atoms with van der Waals surface area (Å²) in [7, 11) is 0.930. The molecule has 0 fully saturated rings. The number of carbonyl (C=O) groups excluding carboxylic acids is 3. The second-order valence-corrected chi connectivity index (χ2v) is 2.24. The van der Waals surface area contributed by atoms with E-state index in [-0.39, 0.29) is 0 Å². The summed E-state index contributed by atoms with van der Waals surface area (Å²) in [5, 5.41) is 8.33. The standard InChI is InChI=1S/C7H8O6/c1-3(6(10)11)4(8)5(9)7(12)13-2/h3H,1-2H3,(H,10,11). The highest BCUT2D eigenvalue weighted by Gasteiger charge is 2.32. The van der Waals surface area contributed by atoms with Crippen molar-refractivity contribution in [2.75, 3.05) is 7.11 Å². The molecule has 0 bridgehead atoms. The summed E-state index contributed by atoms with van der Waals surface area (Å²) in [4.78, 5) is 42.3. The number of Topliss-reactive ketones (excluding diaryl/α,β-unsaturated/α-hetero) is 2. The number of hydrogen-bond donors (Lipinski definition) is 1. The Morgan fingerprint density at radius 1 is 1.23 bits per heavy atom. The van der Waals surface area contributed by atoms with Crippen molar-refractivity contribution in [3.63, 3.8) is 0 Å². The van der Waals surface area contributed by atoms with Crippen LogP contribution in [0.15, 0.2) is 0 Å². The largest absolute Gasteiger partial charge is 0.481 e. The minimum Gasteiger partial charge on any atom is -0.481 e. The number of carbonyl (C=O) groups is 4. The summed E-state index contributed by atoms with van der Waals surface area (Å²) in [6.45, 7) is 1.02. The predicted octanol–water partition coefficient (Wildman–Crippen LogP) is -0.982. The lowest BCUT2D eigenvalue weighted by Gasteiger charge is -2.01. The summed E-state index contributed by atoms with van der Waals surface area (Å²) in [5.41, 5.74) is 0. The monoisotopic (exact) mass is 188 g/mol. The van der Waals surface area contributed by atoms with Crippen LogP contribution in [0.1, 0.15) is 6.92 Å². The van der Waals surface area contributed by atoms with E-state index < -0.39 is 29.4 Å². The van der Waals surface area contributed by atoms with Gasteiger partial charge in [0.25, 0.3) is 0 Å². The van der Waals surface area contributed by atoms with Crippen molar-refractivity contribution >= 4 is 23.5 Å². The number of esters is 1. The zero-order chi connectivity index (χ0) is 10.6. The molecule has 1 atom stereocenters. The van der Waals surface area contributed by atoms with Crippen molar-refractivity contribution in [1.29, 1.82) is 0 Å². The van der Waals surface area contributed by atoms with Crippen LogP contribution < -0.4 is 0 Å². The van der Waals surface area contributed by atoms with Crippen LogP contribution in [0.2, 0.25) is 0 Å². The van der Waals surface area contributed by atoms with Crippen molar-refractivity contribution in [3.05, 3.63) is 0 Å². The number of rotatable bonds is 4. The van der Waals surface area contributed by atoms with E-state index in [9.17, 15) is 19.2 Å². The molecular weight excluding hydrogens is 180 g/mol. The summed E-state index contributed by atoms with van der Waals surface area (Å²) >= 11 is 0. The summed E-state index contributed by atoms with van der Waals surface area (Å²) in [6, 6.07) is 0. The molecule has 0 saturated heterocycles. The van der Waals surface area contributed by atoms with Gasteiger partial charge >= 0.3 is 17.7 Å². The Bertz CT molecular complexity index is 266. The average Bonchev–Trinajstić information content (AvgIpc) is 2.12. The van der Waals surface area contributed by atoms with E-state index in [0.717, 1.165) is 14.0 Å². The fraction of sp³-hybridized carbons (Fsp3) is 0.429. The van der Waals surface area contributed by atoms with Crippen molar-refractivity contribution < 1.29 is 29.0 Å². The molecule has 0 radical (unpaired) electrons. The zero-order valence-electron chi connectivity index (χ0n) is 7.07. The minimum absolute atomic E-state index is 0.930. The van der Waals surface area contributed by atoms with E-state index in [1.807, 2.05) is 0 Å². The van der Waals surface area contributed by atoms with E-state index >= 15 is 0 Å². The number of aliphatic carboxylic acids is 1. The molecule has 0 aromatic carbocycles. The lowest BCUT2D eigenvalue weighted by atomic mass is 10.0. The third kappa shape index (κ3) is 2.66. The van der Waals surface area contributed by atoms with Gasteiger partial charge in [0, 0.05) is 0 Å². The quantitative estimate of drug-likeness (QED) is 0.346. The Kier molecular flexibility index (Phi) is 3.77. The molecule has 1 N–H and O–H groups in total. The molecule has 13 heavy (non-hydrogen) atoms. The van der Waals surface area contributed by atoms with E-state index in [1.54, 1.807) is 0 Å².